The van der Waals surface area contributed by atoms with Gasteiger partial charge in [0.15, 0.2) is 0 Å². The van der Waals surface area contributed by atoms with Gasteiger partial charge in [-0.3, -0.25) is 14.4 Å². The van der Waals surface area contributed by atoms with Crippen LogP contribution < -0.4 is 5.32 Å². The minimum Gasteiger partial charge on any atom is -0.469 e. The Morgan fingerprint density at radius 2 is 1.61 bits per heavy atom. The molecule has 0 atom stereocenters. The van der Waals surface area contributed by atoms with Crippen molar-refractivity contribution in [3.63, 3.8) is 0 Å². The Hall–Kier alpha value is -4.14. The summed E-state index contributed by atoms with van der Waals surface area (Å²) in [5, 5.41) is 2.75. The minimum atomic E-state index is -4.47. The molecule has 1 N–H and O–H groups in total. The van der Waals surface area contributed by atoms with Crippen molar-refractivity contribution in [3.05, 3.63) is 88.5 Å². The summed E-state index contributed by atoms with van der Waals surface area (Å²) >= 11 is 0. The van der Waals surface area contributed by atoms with Crippen LogP contribution in [-0.2, 0) is 22.1 Å². The number of benzene rings is 3. The Morgan fingerprint density at radius 1 is 0.944 bits per heavy atom. The first-order chi connectivity index (χ1) is 16.9. The molecule has 3 aromatic rings. The standard InChI is InChI=1S/C27H25F3N2O4/c1-16-6-5-7-20(24(16)18-9-11-19(12-10-18)27(28,29)30)25(34)31-22-13-8-17(15-23(33)36-4)14-21(22)26(35)32(2)3/h5-14H,15H2,1-4H3,(H,31,34). The number of rotatable bonds is 6. The fourth-order valence-electron chi connectivity index (χ4n) is 3.72. The molecule has 0 aliphatic carbocycles. The summed E-state index contributed by atoms with van der Waals surface area (Å²) in [6, 6.07) is 14.2. The molecular weight excluding hydrogens is 473 g/mol. The molecule has 36 heavy (non-hydrogen) atoms. The molecule has 0 radical (unpaired) electrons. The maximum absolute atomic E-state index is 13.4. The van der Waals surface area contributed by atoms with Crippen molar-refractivity contribution in [1.82, 2.24) is 4.90 Å². The molecule has 0 saturated carbocycles. The number of ether oxygens (including phenoxy) is 1. The average Bonchev–Trinajstić information content (AvgIpc) is 2.83. The summed E-state index contributed by atoms with van der Waals surface area (Å²) in [4.78, 5) is 39.2. The Morgan fingerprint density at radius 3 is 2.19 bits per heavy atom. The summed E-state index contributed by atoms with van der Waals surface area (Å²) in [7, 11) is 4.38. The van der Waals surface area contributed by atoms with Crippen molar-refractivity contribution in [1.29, 1.82) is 0 Å². The normalized spacial score (nSPS) is 11.1. The number of hydrogen-bond donors (Lipinski definition) is 1. The molecule has 9 heteroatoms. The molecule has 0 fully saturated rings. The lowest BCUT2D eigenvalue weighted by Crippen LogP contribution is -2.24. The summed E-state index contributed by atoms with van der Waals surface area (Å²) < 4.78 is 43.7. The lowest BCUT2D eigenvalue weighted by atomic mass is 9.93. The van der Waals surface area contributed by atoms with E-state index < -0.39 is 23.6 Å². The van der Waals surface area contributed by atoms with E-state index in [1.165, 1.54) is 36.3 Å². The number of anilines is 1. The van der Waals surface area contributed by atoms with Gasteiger partial charge >= 0.3 is 12.1 Å². The van der Waals surface area contributed by atoms with Gasteiger partial charge in [-0.1, -0.05) is 30.3 Å². The molecule has 0 aliphatic heterocycles. The third kappa shape index (κ3) is 5.91. The van der Waals surface area contributed by atoms with Gasteiger partial charge in [-0.2, -0.15) is 13.2 Å². The van der Waals surface area contributed by atoms with Gasteiger partial charge in [0.1, 0.15) is 0 Å². The van der Waals surface area contributed by atoms with Crippen molar-refractivity contribution < 1.29 is 32.3 Å². The fraction of sp³-hybridized carbons (Fsp3) is 0.222. The second-order valence-electron chi connectivity index (χ2n) is 8.36. The van der Waals surface area contributed by atoms with E-state index in [0.717, 1.165) is 12.1 Å². The number of esters is 1. The molecule has 3 rings (SSSR count). The van der Waals surface area contributed by atoms with E-state index in [1.54, 1.807) is 45.3 Å². The molecule has 0 heterocycles. The lowest BCUT2D eigenvalue weighted by molar-refractivity contribution is -0.140. The lowest BCUT2D eigenvalue weighted by Gasteiger charge is -2.18. The quantitative estimate of drug-likeness (QED) is 0.465. The number of methoxy groups -OCH3 is 1. The second kappa shape index (κ2) is 10.6. The molecule has 3 aromatic carbocycles. The number of nitrogens with zero attached hydrogens (tertiary/aromatic N) is 1. The molecule has 0 aliphatic rings. The van der Waals surface area contributed by atoms with Crippen molar-refractivity contribution in [2.45, 2.75) is 19.5 Å². The van der Waals surface area contributed by atoms with Crippen LogP contribution in [0.5, 0.6) is 0 Å². The number of halogens is 3. The van der Waals surface area contributed by atoms with E-state index in [9.17, 15) is 27.6 Å². The van der Waals surface area contributed by atoms with E-state index >= 15 is 0 Å². The fourth-order valence-corrected chi connectivity index (χ4v) is 3.72. The van der Waals surface area contributed by atoms with Gasteiger partial charge in [0, 0.05) is 19.7 Å². The van der Waals surface area contributed by atoms with Gasteiger partial charge in [-0.05, 0) is 59.5 Å². The number of amides is 2. The van der Waals surface area contributed by atoms with Gasteiger partial charge in [0.25, 0.3) is 11.8 Å². The summed E-state index contributed by atoms with van der Waals surface area (Å²) in [6.07, 6.45) is -4.52. The van der Waals surface area contributed by atoms with Gasteiger partial charge < -0.3 is 15.0 Å². The number of carbonyl (C=O) groups is 3. The molecule has 6 nitrogen and oxygen atoms in total. The van der Waals surface area contributed by atoms with Crippen LogP contribution in [0.4, 0.5) is 18.9 Å². The largest absolute Gasteiger partial charge is 0.469 e. The highest BCUT2D eigenvalue weighted by molar-refractivity contribution is 6.12. The van der Waals surface area contributed by atoms with Gasteiger partial charge in [0.2, 0.25) is 0 Å². The van der Waals surface area contributed by atoms with E-state index in [4.69, 9.17) is 0 Å². The van der Waals surface area contributed by atoms with Crippen LogP contribution in [0.3, 0.4) is 0 Å². The molecule has 188 valence electrons. The third-order valence-corrected chi connectivity index (χ3v) is 5.56. The number of hydrogen-bond acceptors (Lipinski definition) is 4. The topological polar surface area (TPSA) is 75.7 Å². The molecule has 0 bridgehead atoms. The summed E-state index contributed by atoms with van der Waals surface area (Å²) in [5.74, 6) is -1.40. The third-order valence-electron chi connectivity index (χ3n) is 5.56. The van der Waals surface area contributed by atoms with Crippen molar-refractivity contribution >= 4 is 23.5 Å². The van der Waals surface area contributed by atoms with Gasteiger partial charge in [0.05, 0.1) is 30.3 Å². The SMILES string of the molecule is COC(=O)Cc1ccc(NC(=O)c2cccc(C)c2-c2ccc(C(F)(F)F)cc2)c(C(=O)N(C)C)c1. The Labute approximate surface area is 206 Å². The predicted octanol–water partition coefficient (Wildman–Crippen LogP) is 5.35. The van der Waals surface area contributed by atoms with Gasteiger partial charge in [-0.15, -0.1) is 0 Å². The minimum absolute atomic E-state index is 0.0472. The van der Waals surface area contributed by atoms with Crippen LogP contribution in [0.25, 0.3) is 11.1 Å². The number of aryl methyl sites for hydroxylation is 1. The Balaban J connectivity index is 2.01. The first-order valence-corrected chi connectivity index (χ1v) is 10.9. The first kappa shape index (κ1) is 26.5. The molecular formula is C27H25F3N2O4. The highest BCUT2D eigenvalue weighted by atomic mass is 19.4. The number of nitrogens with one attached hydrogen (secondary N) is 1. The van der Waals surface area contributed by atoms with Crippen molar-refractivity contribution in [2.75, 3.05) is 26.5 Å². The van der Waals surface area contributed by atoms with Crippen LogP contribution in [0.15, 0.2) is 60.7 Å². The molecule has 0 spiro atoms. The predicted molar refractivity (Wildman–Crippen MR) is 130 cm³/mol. The monoisotopic (exact) mass is 498 g/mol. The molecule has 0 aromatic heterocycles. The summed E-state index contributed by atoms with van der Waals surface area (Å²) in [5.41, 5.74) is 2.01. The van der Waals surface area contributed by atoms with Crippen molar-refractivity contribution in [3.8, 4) is 11.1 Å². The maximum Gasteiger partial charge on any atom is 0.416 e. The van der Waals surface area contributed by atoms with E-state index in [-0.39, 0.29) is 29.1 Å². The molecule has 2 amide bonds. The first-order valence-electron chi connectivity index (χ1n) is 10.9. The highest BCUT2D eigenvalue weighted by Crippen LogP contribution is 2.33. The number of alkyl halides is 3. The maximum atomic E-state index is 13.4. The van der Waals surface area contributed by atoms with E-state index in [0.29, 0.717) is 22.3 Å². The van der Waals surface area contributed by atoms with Crippen LogP contribution in [0.2, 0.25) is 0 Å². The van der Waals surface area contributed by atoms with Crippen LogP contribution in [0.1, 0.15) is 37.4 Å². The number of carbonyl (C=O) groups excluding carboxylic acids is 3. The van der Waals surface area contributed by atoms with E-state index in [2.05, 4.69) is 10.1 Å². The Bertz CT molecular complexity index is 1300. The second-order valence-corrected chi connectivity index (χ2v) is 8.36. The van der Waals surface area contributed by atoms with Crippen LogP contribution in [-0.4, -0.2) is 43.9 Å². The highest BCUT2D eigenvalue weighted by Gasteiger charge is 2.30. The molecule has 0 saturated heterocycles. The smallest absolute Gasteiger partial charge is 0.416 e. The zero-order valence-corrected chi connectivity index (χ0v) is 20.2. The van der Waals surface area contributed by atoms with Gasteiger partial charge in [-0.25, -0.2) is 0 Å². The summed E-state index contributed by atoms with van der Waals surface area (Å²) in [6.45, 7) is 1.76. The van der Waals surface area contributed by atoms with E-state index in [1.807, 2.05) is 0 Å². The zero-order chi connectivity index (χ0) is 26.6. The van der Waals surface area contributed by atoms with Crippen LogP contribution in [0, 0.1) is 6.92 Å². The average molecular weight is 499 g/mol. The zero-order valence-electron chi connectivity index (χ0n) is 20.2. The van der Waals surface area contributed by atoms with Crippen molar-refractivity contribution in [2.24, 2.45) is 0 Å². The molecule has 0 unspecified atom stereocenters. The Kier molecular flexibility index (Phi) is 7.82. The van der Waals surface area contributed by atoms with Crippen LogP contribution >= 0.6 is 0 Å².